The van der Waals surface area contributed by atoms with Gasteiger partial charge in [-0.05, 0) is 26.0 Å². The molecule has 0 saturated carbocycles. The summed E-state index contributed by atoms with van der Waals surface area (Å²) in [6.07, 6.45) is 1.66. The number of amides is 1. The lowest BCUT2D eigenvalue weighted by molar-refractivity contribution is 0.0949. The summed E-state index contributed by atoms with van der Waals surface area (Å²) in [4.78, 5) is 11.9. The van der Waals surface area contributed by atoms with Crippen LogP contribution < -0.4 is 5.32 Å². The molecule has 0 saturated heterocycles. The maximum Gasteiger partial charge on any atom is 0.251 e. The van der Waals surface area contributed by atoms with E-state index in [1.54, 1.807) is 6.33 Å². The molecule has 0 aliphatic heterocycles. The van der Waals surface area contributed by atoms with Crippen molar-refractivity contribution in [3.05, 3.63) is 47.5 Å². The Morgan fingerprint density at radius 2 is 2.06 bits per heavy atom. The van der Waals surface area contributed by atoms with Crippen molar-refractivity contribution in [2.45, 2.75) is 26.9 Å². The first-order chi connectivity index (χ1) is 8.70. The molecule has 0 fully saturated rings. The summed E-state index contributed by atoms with van der Waals surface area (Å²) < 4.78 is 1.90. The van der Waals surface area contributed by atoms with Gasteiger partial charge in [0.1, 0.15) is 6.33 Å². The van der Waals surface area contributed by atoms with Crippen LogP contribution in [0.3, 0.4) is 0 Å². The van der Waals surface area contributed by atoms with Crippen LogP contribution in [-0.2, 0) is 13.1 Å². The summed E-state index contributed by atoms with van der Waals surface area (Å²) in [5.74, 6) is 0.665. The second-order valence-electron chi connectivity index (χ2n) is 4.08. The van der Waals surface area contributed by atoms with E-state index < -0.39 is 0 Å². The minimum absolute atomic E-state index is 0.0966. The van der Waals surface area contributed by atoms with Crippen LogP contribution in [0.1, 0.15) is 28.7 Å². The number of rotatable bonds is 4. The van der Waals surface area contributed by atoms with E-state index in [-0.39, 0.29) is 5.91 Å². The van der Waals surface area contributed by atoms with E-state index in [2.05, 4.69) is 15.5 Å². The second kappa shape index (κ2) is 5.44. The van der Waals surface area contributed by atoms with Gasteiger partial charge < -0.3 is 9.88 Å². The average Bonchev–Trinajstić information content (AvgIpc) is 2.84. The zero-order valence-corrected chi connectivity index (χ0v) is 10.6. The molecule has 5 nitrogen and oxygen atoms in total. The van der Waals surface area contributed by atoms with Crippen LogP contribution in [0.15, 0.2) is 30.6 Å². The first kappa shape index (κ1) is 12.3. The Bertz CT molecular complexity index is 530. The molecule has 0 aliphatic rings. The predicted molar refractivity (Wildman–Crippen MR) is 68.0 cm³/mol. The number of carbonyl (C=O) groups is 1. The van der Waals surface area contributed by atoms with Crippen molar-refractivity contribution in [3.63, 3.8) is 0 Å². The van der Waals surface area contributed by atoms with Crippen LogP contribution >= 0.6 is 0 Å². The fourth-order valence-corrected chi connectivity index (χ4v) is 1.65. The lowest BCUT2D eigenvalue weighted by Gasteiger charge is -2.06. The Morgan fingerprint density at radius 3 is 2.72 bits per heavy atom. The van der Waals surface area contributed by atoms with E-state index in [0.29, 0.717) is 12.1 Å². The van der Waals surface area contributed by atoms with Crippen LogP contribution in [0.2, 0.25) is 0 Å². The van der Waals surface area contributed by atoms with Gasteiger partial charge >= 0.3 is 0 Å². The molecule has 0 spiro atoms. The molecule has 0 aliphatic carbocycles. The van der Waals surface area contributed by atoms with Crippen LogP contribution in [-0.4, -0.2) is 20.7 Å². The Balaban J connectivity index is 1.98. The lowest BCUT2D eigenvalue weighted by atomic mass is 10.1. The molecule has 18 heavy (non-hydrogen) atoms. The Labute approximate surface area is 106 Å². The SMILES string of the molecule is CCn1cnnc1CNC(=O)c1ccc(C)cc1. The first-order valence-corrected chi connectivity index (χ1v) is 5.92. The molecule has 0 unspecified atom stereocenters. The number of aryl methyl sites for hydroxylation is 2. The first-order valence-electron chi connectivity index (χ1n) is 5.92. The Kier molecular flexibility index (Phi) is 3.72. The zero-order valence-electron chi connectivity index (χ0n) is 10.6. The van der Waals surface area contributed by atoms with Gasteiger partial charge in [0.2, 0.25) is 0 Å². The number of nitrogens with one attached hydrogen (secondary N) is 1. The zero-order chi connectivity index (χ0) is 13.0. The summed E-state index contributed by atoms with van der Waals surface area (Å²) in [6, 6.07) is 7.47. The van der Waals surface area contributed by atoms with Gasteiger partial charge in [-0.15, -0.1) is 10.2 Å². The molecule has 2 rings (SSSR count). The summed E-state index contributed by atoms with van der Waals surface area (Å²) in [6.45, 7) is 5.18. The number of hydrogen-bond acceptors (Lipinski definition) is 3. The predicted octanol–water partition coefficient (Wildman–Crippen LogP) is 1.54. The molecule has 1 aromatic carbocycles. The fourth-order valence-electron chi connectivity index (χ4n) is 1.65. The summed E-state index contributed by atoms with van der Waals surface area (Å²) >= 11 is 0. The van der Waals surface area contributed by atoms with Crippen LogP contribution in [0, 0.1) is 6.92 Å². The third-order valence-electron chi connectivity index (χ3n) is 2.76. The van der Waals surface area contributed by atoms with Crippen molar-refractivity contribution in [2.75, 3.05) is 0 Å². The lowest BCUT2D eigenvalue weighted by Crippen LogP contribution is -2.24. The molecule has 1 aromatic heterocycles. The fraction of sp³-hybridized carbons (Fsp3) is 0.308. The molecular formula is C13H16N4O. The molecule has 1 heterocycles. The minimum atomic E-state index is -0.0966. The van der Waals surface area contributed by atoms with E-state index >= 15 is 0 Å². The summed E-state index contributed by atoms with van der Waals surface area (Å²) in [7, 11) is 0. The summed E-state index contributed by atoms with van der Waals surface area (Å²) in [5, 5.41) is 10.6. The van der Waals surface area contributed by atoms with Crippen molar-refractivity contribution in [1.29, 1.82) is 0 Å². The van der Waals surface area contributed by atoms with Crippen LogP contribution in [0.25, 0.3) is 0 Å². The van der Waals surface area contributed by atoms with E-state index in [1.165, 1.54) is 0 Å². The van der Waals surface area contributed by atoms with Gasteiger partial charge in [0.15, 0.2) is 5.82 Å². The molecule has 5 heteroatoms. The van der Waals surface area contributed by atoms with E-state index in [0.717, 1.165) is 17.9 Å². The van der Waals surface area contributed by atoms with Crippen molar-refractivity contribution in [3.8, 4) is 0 Å². The maximum atomic E-state index is 11.9. The van der Waals surface area contributed by atoms with E-state index in [1.807, 2.05) is 42.7 Å². The number of carbonyl (C=O) groups excluding carboxylic acids is 1. The van der Waals surface area contributed by atoms with Crippen molar-refractivity contribution in [2.24, 2.45) is 0 Å². The third-order valence-corrected chi connectivity index (χ3v) is 2.76. The molecule has 0 radical (unpaired) electrons. The molecule has 1 amide bonds. The van der Waals surface area contributed by atoms with Gasteiger partial charge in [0, 0.05) is 12.1 Å². The second-order valence-corrected chi connectivity index (χ2v) is 4.08. The van der Waals surface area contributed by atoms with Gasteiger partial charge in [0.25, 0.3) is 5.91 Å². The number of nitrogens with zero attached hydrogens (tertiary/aromatic N) is 3. The van der Waals surface area contributed by atoms with E-state index in [9.17, 15) is 4.79 Å². The summed E-state index contributed by atoms with van der Waals surface area (Å²) in [5.41, 5.74) is 1.79. The smallest absolute Gasteiger partial charge is 0.251 e. The molecule has 2 aromatic rings. The van der Waals surface area contributed by atoms with Crippen molar-refractivity contribution < 1.29 is 4.79 Å². The molecule has 94 valence electrons. The van der Waals surface area contributed by atoms with Gasteiger partial charge in [-0.25, -0.2) is 0 Å². The van der Waals surface area contributed by atoms with E-state index in [4.69, 9.17) is 0 Å². The molecule has 0 bridgehead atoms. The highest BCUT2D eigenvalue weighted by atomic mass is 16.1. The molecule has 1 N–H and O–H groups in total. The number of aromatic nitrogens is 3. The monoisotopic (exact) mass is 244 g/mol. The van der Waals surface area contributed by atoms with Gasteiger partial charge in [-0.2, -0.15) is 0 Å². The van der Waals surface area contributed by atoms with Crippen molar-refractivity contribution in [1.82, 2.24) is 20.1 Å². The highest BCUT2D eigenvalue weighted by Gasteiger charge is 2.07. The topological polar surface area (TPSA) is 59.8 Å². The molecular weight excluding hydrogens is 228 g/mol. The standard InChI is InChI=1S/C13H16N4O/c1-3-17-9-15-16-12(17)8-14-13(18)11-6-4-10(2)5-7-11/h4-7,9H,3,8H2,1-2H3,(H,14,18). The largest absolute Gasteiger partial charge is 0.345 e. The minimum Gasteiger partial charge on any atom is -0.345 e. The quantitative estimate of drug-likeness (QED) is 0.887. The Morgan fingerprint density at radius 1 is 1.33 bits per heavy atom. The van der Waals surface area contributed by atoms with Gasteiger partial charge in [-0.3, -0.25) is 4.79 Å². The highest BCUT2D eigenvalue weighted by Crippen LogP contribution is 2.03. The Hall–Kier alpha value is -2.17. The number of benzene rings is 1. The van der Waals surface area contributed by atoms with Gasteiger partial charge in [-0.1, -0.05) is 17.7 Å². The average molecular weight is 244 g/mol. The maximum absolute atomic E-state index is 11.9. The third kappa shape index (κ3) is 2.74. The molecule has 0 atom stereocenters. The highest BCUT2D eigenvalue weighted by molar-refractivity contribution is 5.94. The number of hydrogen-bond donors (Lipinski definition) is 1. The van der Waals surface area contributed by atoms with Gasteiger partial charge in [0.05, 0.1) is 6.54 Å². The normalized spacial score (nSPS) is 10.3. The van der Waals surface area contributed by atoms with Crippen LogP contribution in [0.5, 0.6) is 0 Å². The van der Waals surface area contributed by atoms with Crippen LogP contribution in [0.4, 0.5) is 0 Å². The van der Waals surface area contributed by atoms with Crippen molar-refractivity contribution >= 4 is 5.91 Å².